The van der Waals surface area contributed by atoms with Crippen molar-refractivity contribution in [1.82, 2.24) is 0 Å². The van der Waals surface area contributed by atoms with Gasteiger partial charge >= 0.3 is 0 Å². The molecule has 136 valence electrons. The van der Waals surface area contributed by atoms with E-state index in [-0.39, 0.29) is 40.0 Å². The van der Waals surface area contributed by atoms with Crippen molar-refractivity contribution in [2.24, 2.45) is 34.5 Å². The van der Waals surface area contributed by atoms with Crippen LogP contribution < -0.4 is 0 Å². The van der Waals surface area contributed by atoms with Crippen LogP contribution in [0.1, 0.15) is 58.8 Å². The average molecular weight is 344 g/mol. The quantitative estimate of drug-likeness (QED) is 0.836. The molecule has 0 aromatic heterocycles. The number of rotatable bonds is 2. The maximum atomic E-state index is 13.3. The number of fused-ring (bicyclic) bond motifs is 5. The molecule has 0 bridgehead atoms. The highest BCUT2D eigenvalue weighted by Gasteiger charge is 2.62. The van der Waals surface area contributed by atoms with Gasteiger partial charge in [-0.25, -0.2) is 0 Å². The van der Waals surface area contributed by atoms with Crippen LogP contribution in [0.15, 0.2) is 11.6 Å². The lowest BCUT2D eigenvalue weighted by atomic mass is 9.46. The van der Waals surface area contributed by atoms with Gasteiger partial charge in [-0.1, -0.05) is 19.4 Å². The molecule has 4 aliphatic rings. The molecular weight excluding hydrogens is 316 g/mol. The molecule has 4 rings (SSSR count). The SMILES string of the molecule is C[C@]12CCC(=O)C=C1CC[C@@H]1C2C(=O)C[C@@]2(C)C1CC[C@@H]2C(=O)CO. The summed E-state index contributed by atoms with van der Waals surface area (Å²) in [5, 5.41) is 9.34. The molecule has 1 N–H and O–H groups in total. The Morgan fingerprint density at radius 3 is 2.68 bits per heavy atom. The topological polar surface area (TPSA) is 71.4 Å². The van der Waals surface area contributed by atoms with Crippen LogP contribution in [0.25, 0.3) is 0 Å². The van der Waals surface area contributed by atoms with Crippen molar-refractivity contribution in [1.29, 1.82) is 0 Å². The third-order valence-corrected chi connectivity index (χ3v) is 8.19. The van der Waals surface area contributed by atoms with E-state index >= 15 is 0 Å². The Balaban J connectivity index is 1.71. The van der Waals surface area contributed by atoms with E-state index in [4.69, 9.17) is 0 Å². The van der Waals surface area contributed by atoms with Gasteiger partial charge in [0.15, 0.2) is 11.6 Å². The van der Waals surface area contributed by atoms with E-state index in [0.29, 0.717) is 24.7 Å². The molecular formula is C21H28O4. The molecule has 0 aliphatic heterocycles. The van der Waals surface area contributed by atoms with Crippen LogP contribution in [-0.4, -0.2) is 29.1 Å². The molecule has 0 aromatic rings. The number of Topliss-reactive ketones (excluding diaryl/α,β-unsaturated/α-hetero) is 2. The predicted molar refractivity (Wildman–Crippen MR) is 92.7 cm³/mol. The van der Waals surface area contributed by atoms with E-state index in [9.17, 15) is 19.5 Å². The summed E-state index contributed by atoms with van der Waals surface area (Å²) >= 11 is 0. The molecule has 3 saturated carbocycles. The average Bonchev–Trinajstić information content (AvgIpc) is 2.91. The van der Waals surface area contributed by atoms with E-state index in [1.54, 1.807) is 0 Å². The Morgan fingerprint density at radius 2 is 1.96 bits per heavy atom. The first-order valence-electron chi connectivity index (χ1n) is 9.71. The lowest BCUT2D eigenvalue weighted by Gasteiger charge is -2.56. The lowest BCUT2D eigenvalue weighted by molar-refractivity contribution is -0.149. The molecule has 3 fully saturated rings. The summed E-state index contributed by atoms with van der Waals surface area (Å²) in [6.45, 7) is 3.88. The van der Waals surface area contributed by atoms with Gasteiger partial charge in [-0.05, 0) is 60.8 Å². The fourth-order valence-corrected chi connectivity index (χ4v) is 7.02. The van der Waals surface area contributed by atoms with Crippen molar-refractivity contribution in [3.63, 3.8) is 0 Å². The number of aliphatic hydroxyl groups excluding tert-OH is 1. The van der Waals surface area contributed by atoms with Gasteiger partial charge in [0, 0.05) is 24.7 Å². The zero-order valence-electron chi connectivity index (χ0n) is 15.2. The van der Waals surface area contributed by atoms with Crippen molar-refractivity contribution in [2.75, 3.05) is 6.61 Å². The molecule has 0 spiro atoms. The van der Waals surface area contributed by atoms with Crippen LogP contribution >= 0.6 is 0 Å². The monoisotopic (exact) mass is 344 g/mol. The Kier molecular flexibility index (Phi) is 3.84. The van der Waals surface area contributed by atoms with Crippen LogP contribution in [0.4, 0.5) is 0 Å². The molecule has 0 radical (unpaired) electrons. The highest BCUT2D eigenvalue weighted by Crippen LogP contribution is 2.65. The normalized spacial score (nSPS) is 46.1. The first-order valence-corrected chi connectivity index (χ1v) is 9.71. The first-order chi connectivity index (χ1) is 11.8. The van der Waals surface area contributed by atoms with E-state index in [0.717, 1.165) is 32.1 Å². The van der Waals surface area contributed by atoms with Crippen molar-refractivity contribution >= 4 is 17.3 Å². The summed E-state index contributed by atoms with van der Waals surface area (Å²) in [7, 11) is 0. The third-order valence-electron chi connectivity index (χ3n) is 8.19. The summed E-state index contributed by atoms with van der Waals surface area (Å²) < 4.78 is 0. The fourth-order valence-electron chi connectivity index (χ4n) is 7.02. The number of ketones is 3. The van der Waals surface area contributed by atoms with Gasteiger partial charge in [0.2, 0.25) is 0 Å². The van der Waals surface area contributed by atoms with Crippen molar-refractivity contribution in [3.05, 3.63) is 11.6 Å². The minimum atomic E-state index is -0.415. The Bertz CT molecular complexity index is 677. The predicted octanol–water partition coefficient (Wildman–Crippen LogP) is 2.87. The van der Waals surface area contributed by atoms with Crippen molar-refractivity contribution in [2.45, 2.75) is 58.8 Å². The van der Waals surface area contributed by atoms with E-state index in [1.165, 1.54) is 5.57 Å². The van der Waals surface area contributed by atoms with Gasteiger partial charge in [-0.15, -0.1) is 0 Å². The molecule has 4 aliphatic carbocycles. The van der Waals surface area contributed by atoms with E-state index in [1.807, 2.05) is 6.08 Å². The number of aliphatic hydroxyl groups is 1. The molecule has 25 heavy (non-hydrogen) atoms. The minimum absolute atomic E-state index is 0.00153. The number of allylic oxidation sites excluding steroid dienone is 1. The van der Waals surface area contributed by atoms with Crippen molar-refractivity contribution < 1.29 is 19.5 Å². The summed E-state index contributed by atoms with van der Waals surface area (Å²) in [5.41, 5.74) is 0.719. The highest BCUT2D eigenvalue weighted by atomic mass is 16.3. The summed E-state index contributed by atoms with van der Waals surface area (Å²) in [4.78, 5) is 37.4. The van der Waals surface area contributed by atoms with Crippen LogP contribution in [0, 0.1) is 34.5 Å². The Labute approximate surface area is 149 Å². The van der Waals surface area contributed by atoms with Gasteiger partial charge in [0.25, 0.3) is 0 Å². The number of hydrogen-bond acceptors (Lipinski definition) is 4. The molecule has 4 heteroatoms. The van der Waals surface area contributed by atoms with Gasteiger partial charge in [0.05, 0.1) is 0 Å². The van der Waals surface area contributed by atoms with Gasteiger partial charge in [-0.2, -0.15) is 0 Å². The second-order valence-corrected chi connectivity index (χ2v) is 9.24. The third kappa shape index (κ3) is 2.26. The number of carbonyl (C=O) groups excluding carboxylic acids is 3. The zero-order valence-corrected chi connectivity index (χ0v) is 15.2. The van der Waals surface area contributed by atoms with Crippen LogP contribution in [0.5, 0.6) is 0 Å². The summed E-state index contributed by atoms with van der Waals surface area (Å²) in [6.07, 6.45) is 7.23. The number of hydrogen-bond donors (Lipinski definition) is 1. The lowest BCUT2D eigenvalue weighted by Crippen LogP contribution is -2.55. The standard InChI is InChI=1S/C21H28O4/c1-20-8-7-13(23)9-12(20)3-4-14-15-5-6-16(18(25)11-22)21(15,2)10-17(24)19(14)20/h9,14-16,19,22H,3-8,10-11H2,1-2H3/t14-,15?,16+,19?,20-,21-/m0/s1. The smallest absolute Gasteiger partial charge is 0.161 e. The fraction of sp³-hybridized carbons (Fsp3) is 0.762. The highest BCUT2D eigenvalue weighted by molar-refractivity contribution is 5.93. The molecule has 0 heterocycles. The Morgan fingerprint density at radius 1 is 1.20 bits per heavy atom. The second-order valence-electron chi connectivity index (χ2n) is 9.24. The minimum Gasteiger partial charge on any atom is -0.389 e. The van der Waals surface area contributed by atoms with Gasteiger partial charge < -0.3 is 5.11 Å². The van der Waals surface area contributed by atoms with E-state index in [2.05, 4.69) is 13.8 Å². The summed E-state index contributed by atoms with van der Waals surface area (Å²) in [5.74, 6) is 0.913. The van der Waals surface area contributed by atoms with Gasteiger partial charge in [0.1, 0.15) is 12.4 Å². The second kappa shape index (κ2) is 5.60. The van der Waals surface area contributed by atoms with Gasteiger partial charge in [-0.3, -0.25) is 14.4 Å². The first kappa shape index (κ1) is 17.1. The number of carbonyl (C=O) groups is 3. The molecule has 0 saturated heterocycles. The maximum Gasteiger partial charge on any atom is 0.161 e. The van der Waals surface area contributed by atoms with Crippen LogP contribution in [-0.2, 0) is 14.4 Å². The molecule has 2 unspecified atom stereocenters. The molecule has 6 atom stereocenters. The van der Waals surface area contributed by atoms with Crippen LogP contribution in [0.3, 0.4) is 0 Å². The van der Waals surface area contributed by atoms with Crippen LogP contribution in [0.2, 0.25) is 0 Å². The van der Waals surface area contributed by atoms with Crippen molar-refractivity contribution in [3.8, 4) is 0 Å². The largest absolute Gasteiger partial charge is 0.389 e. The zero-order chi connectivity index (χ0) is 18.0. The maximum absolute atomic E-state index is 13.3. The molecule has 0 aromatic carbocycles. The van der Waals surface area contributed by atoms with E-state index < -0.39 is 6.61 Å². The summed E-state index contributed by atoms with van der Waals surface area (Å²) in [6, 6.07) is 0. The Hall–Kier alpha value is -1.29. The molecule has 4 nitrogen and oxygen atoms in total. The molecule has 0 amide bonds.